The Balaban J connectivity index is 1.90. The Bertz CT molecular complexity index is 974. The summed E-state index contributed by atoms with van der Waals surface area (Å²) in [5, 5.41) is 3.10. The largest absolute Gasteiger partial charge is 0.497 e. The number of nitrogens with one attached hydrogen (secondary N) is 1. The van der Waals surface area contributed by atoms with E-state index in [0.717, 1.165) is 31.1 Å². The molecule has 0 aromatic heterocycles. The third-order valence-electron chi connectivity index (χ3n) is 5.32. The van der Waals surface area contributed by atoms with Gasteiger partial charge in [0.1, 0.15) is 11.8 Å². The molecule has 2 aromatic carbocycles. The van der Waals surface area contributed by atoms with Crippen LogP contribution in [0.25, 0.3) is 0 Å². The summed E-state index contributed by atoms with van der Waals surface area (Å²) in [4.78, 5) is 13.2. The highest BCUT2D eigenvalue weighted by Gasteiger charge is 2.33. The van der Waals surface area contributed by atoms with Crippen LogP contribution in [-0.4, -0.2) is 33.7 Å². The first-order valence-electron chi connectivity index (χ1n) is 9.86. The minimum absolute atomic E-state index is 0.104. The Morgan fingerprint density at radius 3 is 2.69 bits per heavy atom. The molecule has 0 bridgehead atoms. The summed E-state index contributed by atoms with van der Waals surface area (Å²) in [6.07, 6.45) is 4.31. The van der Waals surface area contributed by atoms with Crippen LogP contribution in [0.4, 0.5) is 5.69 Å². The fourth-order valence-electron chi connectivity index (χ4n) is 3.98. The lowest BCUT2D eigenvalue weighted by atomic mass is 9.87. The monoisotopic (exact) mass is 416 g/mol. The molecule has 29 heavy (non-hydrogen) atoms. The smallest absolute Gasteiger partial charge is 0.244 e. The lowest BCUT2D eigenvalue weighted by molar-refractivity contribution is -0.123. The van der Waals surface area contributed by atoms with Crippen LogP contribution in [0, 0.1) is 0 Å². The first-order chi connectivity index (χ1) is 13.8. The molecule has 0 aliphatic heterocycles. The van der Waals surface area contributed by atoms with E-state index >= 15 is 0 Å². The van der Waals surface area contributed by atoms with E-state index in [1.165, 1.54) is 17.0 Å². The number of aryl methyl sites for hydroxylation is 1. The fraction of sp³-hybridized carbons (Fsp3) is 0.409. The highest BCUT2D eigenvalue weighted by atomic mass is 32.2. The van der Waals surface area contributed by atoms with Crippen LogP contribution >= 0.6 is 0 Å². The van der Waals surface area contributed by atoms with Crippen molar-refractivity contribution in [1.29, 1.82) is 0 Å². The van der Waals surface area contributed by atoms with Crippen molar-refractivity contribution in [3.05, 3.63) is 59.7 Å². The van der Waals surface area contributed by atoms with E-state index in [-0.39, 0.29) is 11.9 Å². The number of sulfonamides is 1. The average Bonchev–Trinajstić information content (AvgIpc) is 2.71. The van der Waals surface area contributed by atoms with Gasteiger partial charge in [0.05, 0.1) is 25.1 Å². The van der Waals surface area contributed by atoms with Crippen molar-refractivity contribution < 1.29 is 17.9 Å². The first-order valence-corrected chi connectivity index (χ1v) is 11.7. The number of fused-ring (bicyclic) bond motifs is 1. The van der Waals surface area contributed by atoms with Gasteiger partial charge in [-0.25, -0.2) is 8.42 Å². The topological polar surface area (TPSA) is 75.7 Å². The van der Waals surface area contributed by atoms with Gasteiger partial charge in [-0.1, -0.05) is 37.3 Å². The summed E-state index contributed by atoms with van der Waals surface area (Å²) < 4.78 is 31.7. The number of anilines is 1. The van der Waals surface area contributed by atoms with E-state index in [1.807, 2.05) is 25.1 Å². The number of methoxy groups -OCH3 is 1. The first kappa shape index (κ1) is 21.2. The van der Waals surface area contributed by atoms with Gasteiger partial charge in [-0.05, 0) is 48.9 Å². The molecule has 0 spiro atoms. The number of hydrogen-bond donors (Lipinski definition) is 1. The second-order valence-corrected chi connectivity index (χ2v) is 9.20. The summed E-state index contributed by atoms with van der Waals surface area (Å²) in [5.41, 5.74) is 2.77. The third-order valence-corrected chi connectivity index (χ3v) is 6.50. The zero-order valence-electron chi connectivity index (χ0n) is 17.1. The zero-order chi connectivity index (χ0) is 21.0. The molecule has 2 aromatic rings. The van der Waals surface area contributed by atoms with Crippen molar-refractivity contribution in [3.63, 3.8) is 0 Å². The quantitative estimate of drug-likeness (QED) is 0.750. The maximum atomic E-state index is 13.2. The van der Waals surface area contributed by atoms with E-state index in [0.29, 0.717) is 17.9 Å². The molecule has 2 atom stereocenters. The highest BCUT2D eigenvalue weighted by Crippen LogP contribution is 2.31. The van der Waals surface area contributed by atoms with Crippen LogP contribution in [0.1, 0.15) is 43.4 Å². The van der Waals surface area contributed by atoms with Crippen LogP contribution in [0.2, 0.25) is 0 Å². The maximum absolute atomic E-state index is 13.2. The summed E-state index contributed by atoms with van der Waals surface area (Å²) >= 11 is 0. The van der Waals surface area contributed by atoms with E-state index < -0.39 is 16.1 Å². The third kappa shape index (κ3) is 4.72. The van der Waals surface area contributed by atoms with Crippen LogP contribution in [0.15, 0.2) is 48.5 Å². The van der Waals surface area contributed by atoms with Gasteiger partial charge in [0.2, 0.25) is 15.9 Å². The lowest BCUT2D eigenvalue weighted by Crippen LogP contribution is -2.50. The summed E-state index contributed by atoms with van der Waals surface area (Å²) in [6.45, 7) is 1.82. The number of hydrogen-bond acceptors (Lipinski definition) is 4. The summed E-state index contributed by atoms with van der Waals surface area (Å²) in [5.74, 6) is 0.245. The molecule has 0 fully saturated rings. The van der Waals surface area contributed by atoms with Gasteiger partial charge in [-0.3, -0.25) is 9.10 Å². The molecule has 0 unspecified atom stereocenters. The van der Waals surface area contributed by atoms with Crippen molar-refractivity contribution in [2.45, 2.75) is 44.7 Å². The van der Waals surface area contributed by atoms with Gasteiger partial charge < -0.3 is 10.1 Å². The predicted molar refractivity (Wildman–Crippen MR) is 115 cm³/mol. The SMILES string of the molecule is CC[C@H](C(=O)N[C@H]1CCCc2ccccc21)N(c1cccc(OC)c1)S(C)(=O)=O. The molecule has 1 N–H and O–H groups in total. The molecular formula is C22H28N2O4S. The molecular weight excluding hydrogens is 388 g/mol. The molecule has 0 radical (unpaired) electrons. The van der Waals surface area contributed by atoms with Crippen LogP contribution < -0.4 is 14.4 Å². The molecule has 1 aliphatic rings. The lowest BCUT2D eigenvalue weighted by Gasteiger charge is -2.33. The van der Waals surface area contributed by atoms with E-state index in [9.17, 15) is 13.2 Å². The van der Waals surface area contributed by atoms with Crippen LogP contribution in [0.5, 0.6) is 5.75 Å². The second-order valence-electron chi connectivity index (χ2n) is 7.34. The number of ether oxygens (including phenoxy) is 1. The number of amides is 1. The number of benzene rings is 2. The zero-order valence-corrected chi connectivity index (χ0v) is 17.9. The van der Waals surface area contributed by atoms with Crippen molar-refractivity contribution >= 4 is 21.6 Å². The van der Waals surface area contributed by atoms with Gasteiger partial charge in [-0.2, -0.15) is 0 Å². The van der Waals surface area contributed by atoms with Crippen LogP contribution in [0.3, 0.4) is 0 Å². The van der Waals surface area contributed by atoms with Crippen LogP contribution in [-0.2, 0) is 21.2 Å². The molecule has 3 rings (SSSR count). The van der Waals surface area contributed by atoms with Gasteiger partial charge in [0, 0.05) is 6.07 Å². The van der Waals surface area contributed by atoms with Gasteiger partial charge in [0.15, 0.2) is 0 Å². The van der Waals surface area contributed by atoms with Crippen molar-refractivity contribution in [2.24, 2.45) is 0 Å². The molecule has 1 amide bonds. The second kappa shape index (κ2) is 8.86. The number of carbonyl (C=O) groups is 1. The average molecular weight is 417 g/mol. The van der Waals surface area contributed by atoms with E-state index in [2.05, 4.69) is 11.4 Å². The predicted octanol–water partition coefficient (Wildman–Crippen LogP) is 3.43. The normalized spacial score (nSPS) is 17.1. The molecule has 1 aliphatic carbocycles. The van der Waals surface area contributed by atoms with Crippen molar-refractivity contribution in [3.8, 4) is 5.75 Å². The highest BCUT2D eigenvalue weighted by molar-refractivity contribution is 7.92. The number of carbonyl (C=O) groups excluding carboxylic acids is 1. The van der Waals surface area contributed by atoms with E-state index in [4.69, 9.17) is 4.74 Å². The molecule has 6 nitrogen and oxygen atoms in total. The standard InChI is InChI=1S/C22H28N2O4S/c1-4-21(24(29(3,26)27)17-11-8-12-18(15-17)28-2)22(25)23-20-14-7-10-16-9-5-6-13-19(16)20/h5-6,8-9,11-13,15,20-21H,4,7,10,14H2,1-3H3,(H,23,25)/t20-,21+/m0/s1. The van der Waals surface area contributed by atoms with Crippen molar-refractivity contribution in [2.75, 3.05) is 17.7 Å². The molecule has 0 heterocycles. The maximum Gasteiger partial charge on any atom is 0.244 e. The minimum Gasteiger partial charge on any atom is -0.497 e. The Morgan fingerprint density at radius 1 is 1.24 bits per heavy atom. The van der Waals surface area contributed by atoms with E-state index in [1.54, 1.807) is 24.3 Å². The van der Waals surface area contributed by atoms with Gasteiger partial charge in [0.25, 0.3) is 0 Å². The molecule has 0 saturated heterocycles. The molecule has 0 saturated carbocycles. The Hall–Kier alpha value is -2.54. The number of rotatable bonds is 7. The fourth-order valence-corrected chi connectivity index (χ4v) is 5.18. The van der Waals surface area contributed by atoms with Crippen molar-refractivity contribution in [1.82, 2.24) is 5.32 Å². The van der Waals surface area contributed by atoms with Gasteiger partial charge >= 0.3 is 0 Å². The summed E-state index contributed by atoms with van der Waals surface area (Å²) in [7, 11) is -2.16. The molecule has 156 valence electrons. The summed E-state index contributed by atoms with van der Waals surface area (Å²) in [6, 6.07) is 13.9. The Morgan fingerprint density at radius 2 is 2.00 bits per heavy atom. The van der Waals surface area contributed by atoms with Gasteiger partial charge in [-0.15, -0.1) is 0 Å². The number of nitrogens with zero attached hydrogens (tertiary/aromatic N) is 1. The Labute approximate surface area is 172 Å². The Kier molecular flexibility index (Phi) is 6.47. The molecule has 7 heteroatoms. The minimum atomic E-state index is -3.68.